The fourth-order valence-corrected chi connectivity index (χ4v) is 2.81. The van der Waals surface area contributed by atoms with E-state index in [4.69, 9.17) is 4.74 Å². The van der Waals surface area contributed by atoms with E-state index in [0.29, 0.717) is 6.61 Å². The first kappa shape index (κ1) is 15.1. The van der Waals surface area contributed by atoms with Crippen LogP contribution in [0.2, 0.25) is 0 Å². The first-order valence-electron chi connectivity index (χ1n) is 7.79. The molecule has 0 bridgehead atoms. The highest BCUT2D eigenvalue weighted by atomic mass is 16.5. The Morgan fingerprint density at radius 2 is 2.14 bits per heavy atom. The van der Waals surface area contributed by atoms with Crippen LogP contribution < -0.4 is 4.74 Å². The topological polar surface area (TPSA) is 50.5 Å². The van der Waals surface area contributed by atoms with E-state index in [1.54, 1.807) is 6.20 Å². The first-order valence-corrected chi connectivity index (χ1v) is 7.79. The average Bonchev–Trinajstić information content (AvgIpc) is 2.92. The molecule has 0 saturated carbocycles. The summed E-state index contributed by atoms with van der Waals surface area (Å²) in [6.07, 6.45) is 5.51. The summed E-state index contributed by atoms with van der Waals surface area (Å²) in [5.41, 5.74) is 1.25. The van der Waals surface area contributed by atoms with E-state index in [1.165, 1.54) is 5.56 Å². The Labute approximate surface area is 131 Å². The van der Waals surface area contributed by atoms with Crippen molar-refractivity contribution in [1.29, 1.82) is 0 Å². The lowest BCUT2D eigenvalue weighted by Crippen LogP contribution is -2.37. The number of rotatable bonds is 5. The molecule has 5 heteroatoms. The quantitative estimate of drug-likeness (QED) is 0.917. The zero-order chi connectivity index (χ0) is 15.4. The van der Waals surface area contributed by atoms with E-state index in [-0.39, 0.29) is 6.10 Å². The van der Waals surface area contributed by atoms with Gasteiger partial charge in [-0.1, -0.05) is 12.1 Å². The molecule has 0 spiro atoms. The third kappa shape index (κ3) is 3.87. The number of benzene rings is 1. The normalized spacial score (nSPS) is 19.3. The van der Waals surface area contributed by atoms with E-state index in [0.717, 1.165) is 44.0 Å². The van der Waals surface area contributed by atoms with E-state index in [1.807, 2.05) is 29.9 Å². The van der Waals surface area contributed by atoms with Gasteiger partial charge in [0.05, 0.1) is 6.10 Å². The molecule has 1 aliphatic heterocycles. The third-order valence-electron chi connectivity index (χ3n) is 4.10. The molecular weight excluding hydrogens is 278 g/mol. The minimum atomic E-state index is -0.172. The molecule has 3 rings (SSSR count). The molecule has 2 aromatic rings. The molecular formula is C17H23N3O2. The number of hydrogen-bond acceptors (Lipinski definition) is 4. The zero-order valence-electron chi connectivity index (χ0n) is 13.0. The van der Waals surface area contributed by atoms with Crippen molar-refractivity contribution in [2.45, 2.75) is 32.1 Å². The second-order valence-electron chi connectivity index (χ2n) is 5.92. The molecule has 2 heterocycles. The molecule has 0 amide bonds. The van der Waals surface area contributed by atoms with Gasteiger partial charge in [-0.05, 0) is 37.1 Å². The summed E-state index contributed by atoms with van der Waals surface area (Å²) in [6.45, 7) is 3.20. The molecule has 1 aliphatic rings. The number of nitrogens with zero attached hydrogens (tertiary/aromatic N) is 3. The number of piperidine rings is 1. The van der Waals surface area contributed by atoms with E-state index < -0.39 is 0 Å². The smallest absolute Gasteiger partial charge is 0.146 e. The molecule has 0 radical (unpaired) electrons. The minimum Gasteiger partial charge on any atom is -0.486 e. The number of ether oxygens (including phenoxy) is 1. The number of hydrogen-bond donors (Lipinski definition) is 1. The lowest BCUT2D eigenvalue weighted by atomic mass is 10.1. The Hall–Kier alpha value is -1.85. The van der Waals surface area contributed by atoms with Crippen LogP contribution in [-0.2, 0) is 20.2 Å². The average molecular weight is 301 g/mol. The molecule has 1 fully saturated rings. The van der Waals surface area contributed by atoms with Gasteiger partial charge in [0.25, 0.3) is 0 Å². The standard InChI is InChI=1S/C17H23N3O2/c1-19-10-8-18-17(19)13-22-16-6-4-14(5-7-16)11-20-9-2-3-15(21)12-20/h4-8,10,15,21H,2-3,9,11-13H2,1H3. The van der Waals surface area contributed by atoms with Gasteiger partial charge in [0.2, 0.25) is 0 Å². The Morgan fingerprint density at radius 3 is 2.82 bits per heavy atom. The number of β-amino-alcohol motifs (C(OH)–C–C–N with tert-alkyl or cyclic N) is 1. The van der Waals surface area contributed by atoms with Crippen molar-refractivity contribution >= 4 is 0 Å². The van der Waals surface area contributed by atoms with Crippen LogP contribution in [0.3, 0.4) is 0 Å². The van der Waals surface area contributed by atoms with Gasteiger partial charge in [0.1, 0.15) is 18.2 Å². The predicted octanol–water partition coefficient (Wildman–Crippen LogP) is 1.96. The van der Waals surface area contributed by atoms with Crippen molar-refractivity contribution in [3.05, 3.63) is 48.0 Å². The fraction of sp³-hybridized carbons (Fsp3) is 0.471. The molecule has 1 atom stereocenters. The molecule has 22 heavy (non-hydrogen) atoms. The monoisotopic (exact) mass is 301 g/mol. The number of imidazole rings is 1. The summed E-state index contributed by atoms with van der Waals surface area (Å²) < 4.78 is 7.71. The Kier molecular flexibility index (Phi) is 4.75. The van der Waals surface area contributed by atoms with Crippen LogP contribution in [0.15, 0.2) is 36.7 Å². The molecule has 1 aromatic heterocycles. The summed E-state index contributed by atoms with van der Waals surface area (Å²) in [4.78, 5) is 6.54. The maximum Gasteiger partial charge on any atom is 0.146 e. The molecule has 0 aliphatic carbocycles. The van der Waals surface area contributed by atoms with Crippen molar-refractivity contribution in [2.75, 3.05) is 13.1 Å². The van der Waals surface area contributed by atoms with Crippen LogP contribution in [-0.4, -0.2) is 38.8 Å². The number of aliphatic hydroxyl groups excluding tert-OH is 1. The SMILES string of the molecule is Cn1ccnc1COc1ccc(CN2CCCC(O)C2)cc1. The molecule has 1 unspecified atom stereocenters. The Balaban J connectivity index is 1.52. The van der Waals surface area contributed by atoms with Gasteiger partial charge < -0.3 is 14.4 Å². The lowest BCUT2D eigenvalue weighted by Gasteiger charge is -2.29. The number of aliphatic hydroxyl groups is 1. The van der Waals surface area contributed by atoms with E-state index in [2.05, 4.69) is 22.0 Å². The highest BCUT2D eigenvalue weighted by Gasteiger charge is 2.17. The van der Waals surface area contributed by atoms with Crippen molar-refractivity contribution in [3.8, 4) is 5.75 Å². The van der Waals surface area contributed by atoms with Gasteiger partial charge in [-0.15, -0.1) is 0 Å². The number of aryl methyl sites for hydroxylation is 1. The second-order valence-corrected chi connectivity index (χ2v) is 5.92. The van der Waals surface area contributed by atoms with Crippen LogP contribution >= 0.6 is 0 Å². The Morgan fingerprint density at radius 1 is 1.32 bits per heavy atom. The van der Waals surface area contributed by atoms with Crippen LogP contribution in [0.1, 0.15) is 24.2 Å². The van der Waals surface area contributed by atoms with Gasteiger partial charge in [-0.2, -0.15) is 0 Å². The van der Waals surface area contributed by atoms with Crippen LogP contribution in [0.5, 0.6) is 5.75 Å². The molecule has 5 nitrogen and oxygen atoms in total. The third-order valence-corrected chi connectivity index (χ3v) is 4.10. The minimum absolute atomic E-state index is 0.172. The molecule has 1 aromatic carbocycles. The first-order chi connectivity index (χ1) is 10.7. The van der Waals surface area contributed by atoms with Gasteiger partial charge >= 0.3 is 0 Å². The van der Waals surface area contributed by atoms with Gasteiger partial charge in [0, 0.05) is 32.5 Å². The summed E-state index contributed by atoms with van der Waals surface area (Å²) in [7, 11) is 1.96. The van der Waals surface area contributed by atoms with Crippen molar-refractivity contribution in [2.24, 2.45) is 7.05 Å². The summed E-state index contributed by atoms with van der Waals surface area (Å²) in [5.74, 6) is 1.76. The number of likely N-dealkylation sites (tertiary alicyclic amines) is 1. The second kappa shape index (κ2) is 6.94. The summed E-state index contributed by atoms with van der Waals surface area (Å²) in [6, 6.07) is 8.18. The fourth-order valence-electron chi connectivity index (χ4n) is 2.81. The Bertz CT molecular complexity index is 594. The summed E-state index contributed by atoms with van der Waals surface area (Å²) >= 11 is 0. The van der Waals surface area contributed by atoms with E-state index >= 15 is 0 Å². The maximum absolute atomic E-state index is 9.71. The highest BCUT2D eigenvalue weighted by molar-refractivity contribution is 5.27. The summed E-state index contributed by atoms with van der Waals surface area (Å²) in [5, 5.41) is 9.71. The largest absolute Gasteiger partial charge is 0.486 e. The van der Waals surface area contributed by atoms with E-state index in [9.17, 15) is 5.11 Å². The van der Waals surface area contributed by atoms with Gasteiger partial charge in [0.15, 0.2) is 0 Å². The molecule has 118 valence electrons. The predicted molar refractivity (Wildman–Crippen MR) is 84.5 cm³/mol. The van der Waals surface area contributed by atoms with Crippen LogP contribution in [0.25, 0.3) is 0 Å². The van der Waals surface area contributed by atoms with Gasteiger partial charge in [-0.25, -0.2) is 4.98 Å². The lowest BCUT2D eigenvalue weighted by molar-refractivity contribution is 0.0668. The van der Waals surface area contributed by atoms with Crippen LogP contribution in [0, 0.1) is 0 Å². The molecule has 1 saturated heterocycles. The van der Waals surface area contributed by atoms with Gasteiger partial charge in [-0.3, -0.25) is 4.90 Å². The van der Waals surface area contributed by atoms with Crippen molar-refractivity contribution < 1.29 is 9.84 Å². The highest BCUT2D eigenvalue weighted by Crippen LogP contribution is 2.17. The van der Waals surface area contributed by atoms with Crippen LogP contribution in [0.4, 0.5) is 0 Å². The van der Waals surface area contributed by atoms with Crippen molar-refractivity contribution in [1.82, 2.24) is 14.5 Å². The van der Waals surface area contributed by atoms with Crippen molar-refractivity contribution in [3.63, 3.8) is 0 Å². The molecule has 1 N–H and O–H groups in total. The number of aromatic nitrogens is 2. The maximum atomic E-state index is 9.71. The zero-order valence-corrected chi connectivity index (χ0v) is 13.0.